The lowest BCUT2D eigenvalue weighted by atomic mass is 9.88. The Morgan fingerprint density at radius 1 is 1.21 bits per heavy atom. The zero-order chi connectivity index (χ0) is 13.5. The lowest BCUT2D eigenvalue weighted by molar-refractivity contribution is 0.204. The van der Waals surface area contributed by atoms with Gasteiger partial charge in [-0.2, -0.15) is 0 Å². The third-order valence-electron chi connectivity index (χ3n) is 3.72. The number of rotatable bonds is 7. The number of hydrogen-bond acceptors (Lipinski definition) is 2. The molecule has 0 saturated carbocycles. The van der Waals surface area contributed by atoms with Gasteiger partial charge in [-0.15, -0.1) is 0 Å². The van der Waals surface area contributed by atoms with E-state index in [2.05, 4.69) is 55.6 Å². The van der Waals surface area contributed by atoms with Crippen molar-refractivity contribution in [2.24, 2.45) is 0 Å². The monoisotopic (exact) mass is 259 g/mol. The molecule has 0 aromatic heterocycles. The maximum atomic E-state index is 5.82. The Morgan fingerprint density at radius 2 is 2.00 bits per heavy atom. The summed E-state index contributed by atoms with van der Waals surface area (Å²) < 4.78 is 5.82. The first kappa shape index (κ1) is 14.1. The SMILES string of the molecule is CCCNC(C1=CCCO1)C(CC)c1ccccc1. The van der Waals surface area contributed by atoms with Crippen LogP contribution in [0.15, 0.2) is 42.2 Å². The number of hydrogen-bond donors (Lipinski definition) is 1. The van der Waals surface area contributed by atoms with E-state index >= 15 is 0 Å². The van der Waals surface area contributed by atoms with E-state index in [1.807, 2.05) is 0 Å². The van der Waals surface area contributed by atoms with Gasteiger partial charge in [0.05, 0.1) is 12.6 Å². The summed E-state index contributed by atoms with van der Waals surface area (Å²) in [5, 5.41) is 3.67. The molecule has 2 rings (SSSR count). The van der Waals surface area contributed by atoms with Crippen molar-refractivity contribution in [3.8, 4) is 0 Å². The lowest BCUT2D eigenvalue weighted by Crippen LogP contribution is -2.37. The quantitative estimate of drug-likeness (QED) is 0.803. The van der Waals surface area contributed by atoms with Gasteiger partial charge in [-0.05, 0) is 31.0 Å². The van der Waals surface area contributed by atoms with Crippen LogP contribution in [0.4, 0.5) is 0 Å². The van der Waals surface area contributed by atoms with Gasteiger partial charge in [-0.3, -0.25) is 0 Å². The maximum Gasteiger partial charge on any atom is 0.110 e. The van der Waals surface area contributed by atoms with Gasteiger partial charge in [0, 0.05) is 12.3 Å². The molecule has 2 unspecified atom stereocenters. The molecule has 1 heterocycles. The molecule has 1 N–H and O–H groups in total. The van der Waals surface area contributed by atoms with Crippen molar-refractivity contribution in [1.82, 2.24) is 5.32 Å². The molecule has 0 spiro atoms. The Labute approximate surface area is 116 Å². The van der Waals surface area contributed by atoms with Crippen LogP contribution < -0.4 is 5.32 Å². The van der Waals surface area contributed by atoms with Gasteiger partial charge >= 0.3 is 0 Å². The fourth-order valence-electron chi connectivity index (χ4n) is 2.76. The Hall–Kier alpha value is -1.28. The van der Waals surface area contributed by atoms with Crippen molar-refractivity contribution in [2.45, 2.75) is 45.1 Å². The molecule has 2 nitrogen and oxygen atoms in total. The molecule has 0 bridgehead atoms. The summed E-state index contributed by atoms with van der Waals surface area (Å²) in [7, 11) is 0. The van der Waals surface area contributed by atoms with Crippen LogP contribution in [0.3, 0.4) is 0 Å². The average molecular weight is 259 g/mol. The third kappa shape index (κ3) is 3.60. The second-order valence-corrected chi connectivity index (χ2v) is 5.10. The van der Waals surface area contributed by atoms with E-state index in [1.165, 1.54) is 5.56 Å². The first-order chi connectivity index (χ1) is 9.36. The number of benzene rings is 1. The minimum atomic E-state index is 0.315. The molecule has 1 aliphatic rings. The highest BCUT2D eigenvalue weighted by molar-refractivity contribution is 5.25. The summed E-state index contributed by atoms with van der Waals surface area (Å²) in [4.78, 5) is 0. The largest absolute Gasteiger partial charge is 0.496 e. The molecule has 0 aliphatic carbocycles. The molecule has 0 fully saturated rings. The second-order valence-electron chi connectivity index (χ2n) is 5.10. The van der Waals surface area contributed by atoms with Crippen molar-refractivity contribution in [3.05, 3.63) is 47.7 Å². The van der Waals surface area contributed by atoms with Gasteiger partial charge in [0.25, 0.3) is 0 Å². The highest BCUT2D eigenvalue weighted by Gasteiger charge is 2.27. The van der Waals surface area contributed by atoms with Crippen molar-refractivity contribution in [2.75, 3.05) is 13.2 Å². The second kappa shape index (κ2) is 7.34. The van der Waals surface area contributed by atoms with E-state index in [4.69, 9.17) is 4.74 Å². The van der Waals surface area contributed by atoms with E-state index < -0.39 is 0 Å². The van der Waals surface area contributed by atoms with Gasteiger partial charge in [-0.1, -0.05) is 44.2 Å². The van der Waals surface area contributed by atoms with Crippen LogP contribution in [0.25, 0.3) is 0 Å². The summed E-state index contributed by atoms with van der Waals surface area (Å²) >= 11 is 0. The molecule has 1 aliphatic heterocycles. The molecule has 2 heteroatoms. The lowest BCUT2D eigenvalue weighted by Gasteiger charge is -2.28. The van der Waals surface area contributed by atoms with Crippen molar-refractivity contribution in [3.63, 3.8) is 0 Å². The van der Waals surface area contributed by atoms with E-state index in [-0.39, 0.29) is 0 Å². The minimum absolute atomic E-state index is 0.315. The molecule has 2 atom stereocenters. The zero-order valence-electron chi connectivity index (χ0n) is 12.1. The Bertz CT molecular complexity index is 399. The van der Waals surface area contributed by atoms with Gasteiger partial charge in [0.15, 0.2) is 0 Å². The van der Waals surface area contributed by atoms with Crippen LogP contribution in [-0.2, 0) is 4.74 Å². The average Bonchev–Trinajstić information content (AvgIpc) is 2.98. The Morgan fingerprint density at radius 3 is 2.58 bits per heavy atom. The fourth-order valence-corrected chi connectivity index (χ4v) is 2.76. The molecule has 19 heavy (non-hydrogen) atoms. The maximum absolute atomic E-state index is 5.82. The Kier molecular flexibility index (Phi) is 5.46. The van der Waals surface area contributed by atoms with Crippen LogP contribution in [0.2, 0.25) is 0 Å². The molecule has 0 amide bonds. The van der Waals surface area contributed by atoms with E-state index in [1.54, 1.807) is 0 Å². The van der Waals surface area contributed by atoms with Crippen molar-refractivity contribution in [1.29, 1.82) is 0 Å². The van der Waals surface area contributed by atoms with E-state index in [0.29, 0.717) is 12.0 Å². The van der Waals surface area contributed by atoms with Crippen LogP contribution in [0.1, 0.15) is 44.6 Å². The van der Waals surface area contributed by atoms with Gasteiger partial charge in [0.1, 0.15) is 5.76 Å². The standard InChI is InChI=1S/C17H25NO/c1-3-12-18-17(16-11-8-13-19-16)15(4-2)14-9-6-5-7-10-14/h5-7,9-11,15,17-18H,3-4,8,12-13H2,1-2H3. The summed E-state index contributed by atoms with van der Waals surface area (Å²) in [6.07, 6.45) is 5.56. The molecular formula is C17H25NO. The van der Waals surface area contributed by atoms with Gasteiger partial charge in [0.2, 0.25) is 0 Å². The zero-order valence-corrected chi connectivity index (χ0v) is 12.1. The van der Waals surface area contributed by atoms with Crippen molar-refractivity contribution >= 4 is 0 Å². The molecule has 1 aromatic rings. The smallest absolute Gasteiger partial charge is 0.110 e. The van der Waals surface area contributed by atoms with Crippen LogP contribution in [0, 0.1) is 0 Å². The first-order valence-corrected chi connectivity index (χ1v) is 7.48. The fraction of sp³-hybridized carbons (Fsp3) is 0.529. The third-order valence-corrected chi connectivity index (χ3v) is 3.72. The summed E-state index contributed by atoms with van der Waals surface area (Å²) in [6, 6.07) is 11.1. The number of ether oxygens (including phenoxy) is 1. The topological polar surface area (TPSA) is 21.3 Å². The minimum Gasteiger partial charge on any atom is -0.496 e. The molecule has 0 radical (unpaired) electrons. The summed E-state index contributed by atoms with van der Waals surface area (Å²) in [5.74, 6) is 1.63. The highest BCUT2D eigenvalue weighted by Crippen LogP contribution is 2.29. The predicted molar refractivity (Wildman–Crippen MR) is 80.2 cm³/mol. The van der Waals surface area contributed by atoms with Gasteiger partial charge in [-0.25, -0.2) is 0 Å². The molecule has 0 saturated heterocycles. The van der Waals surface area contributed by atoms with Gasteiger partial charge < -0.3 is 10.1 Å². The summed E-state index contributed by atoms with van der Waals surface area (Å²) in [5.41, 5.74) is 1.40. The molecule has 1 aromatic carbocycles. The van der Waals surface area contributed by atoms with Crippen molar-refractivity contribution < 1.29 is 4.74 Å². The molecule has 104 valence electrons. The van der Waals surface area contributed by atoms with Crippen LogP contribution in [-0.4, -0.2) is 19.2 Å². The summed E-state index contributed by atoms with van der Waals surface area (Å²) in [6.45, 7) is 6.34. The predicted octanol–water partition coefficient (Wildman–Crippen LogP) is 3.85. The van der Waals surface area contributed by atoms with Crippen LogP contribution in [0.5, 0.6) is 0 Å². The highest BCUT2D eigenvalue weighted by atomic mass is 16.5. The molecular weight excluding hydrogens is 234 g/mol. The number of nitrogens with one attached hydrogen (secondary N) is 1. The normalized spacial score (nSPS) is 17.7. The first-order valence-electron chi connectivity index (χ1n) is 7.48. The van der Waals surface area contributed by atoms with Crippen LogP contribution >= 0.6 is 0 Å². The van der Waals surface area contributed by atoms with E-state index in [0.717, 1.165) is 38.2 Å². The Balaban J connectivity index is 2.19. The van der Waals surface area contributed by atoms with E-state index in [9.17, 15) is 0 Å².